The number of ether oxygens (including phenoxy) is 1. The zero-order valence-electron chi connectivity index (χ0n) is 14.3. The number of thiophene rings is 1. The van der Waals surface area contributed by atoms with Crippen LogP contribution in [0, 0.1) is 0 Å². The summed E-state index contributed by atoms with van der Waals surface area (Å²) < 4.78 is 7.28. The lowest BCUT2D eigenvalue weighted by atomic mass is 10.2. The number of aromatic hydroxyl groups is 1. The van der Waals surface area contributed by atoms with E-state index in [4.69, 9.17) is 16.3 Å². The first-order chi connectivity index (χ1) is 13.0. The predicted molar refractivity (Wildman–Crippen MR) is 108 cm³/mol. The van der Waals surface area contributed by atoms with Crippen LogP contribution in [0.3, 0.4) is 0 Å². The maximum absolute atomic E-state index is 12.9. The van der Waals surface area contributed by atoms with Gasteiger partial charge in [-0.3, -0.25) is 9.36 Å². The average Bonchev–Trinajstić information content (AvgIpc) is 3.11. The molecule has 0 atom stereocenters. The number of methoxy groups -OCH3 is 1. The highest BCUT2D eigenvalue weighted by molar-refractivity contribution is 7.22. The highest BCUT2D eigenvalue weighted by Gasteiger charge is 2.12. The molecule has 27 heavy (non-hydrogen) atoms. The quantitative estimate of drug-likeness (QED) is 0.548. The minimum atomic E-state index is -0.0998. The molecule has 0 saturated heterocycles. The molecule has 0 amide bonds. The molecule has 0 saturated carbocycles. The average molecular weight is 399 g/mol. The van der Waals surface area contributed by atoms with Crippen LogP contribution in [-0.4, -0.2) is 21.8 Å². The molecule has 0 radical (unpaired) electrons. The molecule has 2 aromatic carbocycles. The van der Waals surface area contributed by atoms with E-state index in [1.54, 1.807) is 29.1 Å². The van der Waals surface area contributed by atoms with Gasteiger partial charge in [0.25, 0.3) is 5.56 Å². The second-order valence-electron chi connectivity index (χ2n) is 6.02. The minimum absolute atomic E-state index is 0.0630. The number of hydrogen-bond acceptors (Lipinski definition) is 5. The van der Waals surface area contributed by atoms with Gasteiger partial charge in [0.05, 0.1) is 25.5 Å². The Bertz CT molecular complexity index is 1180. The molecule has 4 aromatic rings. The van der Waals surface area contributed by atoms with Gasteiger partial charge in [-0.15, -0.1) is 11.3 Å². The van der Waals surface area contributed by atoms with Crippen LogP contribution in [0.15, 0.2) is 59.7 Å². The van der Waals surface area contributed by atoms with E-state index in [9.17, 15) is 9.90 Å². The Morgan fingerprint density at radius 1 is 1.19 bits per heavy atom. The molecule has 7 heteroatoms. The number of rotatable bonds is 4. The molecule has 0 fully saturated rings. The minimum Gasteiger partial charge on any atom is -0.504 e. The first-order valence-corrected chi connectivity index (χ1v) is 9.35. The Morgan fingerprint density at radius 2 is 1.96 bits per heavy atom. The Labute approximate surface area is 164 Å². The highest BCUT2D eigenvalue weighted by atomic mass is 35.5. The Hall–Kier alpha value is -2.83. The van der Waals surface area contributed by atoms with Crippen molar-refractivity contribution in [1.82, 2.24) is 9.55 Å². The molecule has 0 bridgehead atoms. The SMILES string of the molecule is COc1cc(Cn2cnc3cc(-c4ccc(Cl)cc4)sc3c2=O)ccc1O. The number of aromatic nitrogens is 2. The number of benzene rings is 2. The third-order valence-corrected chi connectivity index (χ3v) is 5.64. The summed E-state index contributed by atoms with van der Waals surface area (Å²) >= 11 is 7.36. The van der Waals surface area contributed by atoms with Crippen LogP contribution in [0.1, 0.15) is 5.56 Å². The third kappa shape index (κ3) is 3.41. The topological polar surface area (TPSA) is 64.4 Å². The van der Waals surface area contributed by atoms with Gasteiger partial charge in [0.15, 0.2) is 11.5 Å². The summed E-state index contributed by atoms with van der Waals surface area (Å²) in [6.45, 7) is 0.340. The monoisotopic (exact) mass is 398 g/mol. The lowest BCUT2D eigenvalue weighted by molar-refractivity contribution is 0.373. The second-order valence-corrected chi connectivity index (χ2v) is 7.50. The molecule has 2 aromatic heterocycles. The second kappa shape index (κ2) is 7.06. The number of nitrogens with zero attached hydrogens (tertiary/aromatic N) is 2. The summed E-state index contributed by atoms with van der Waals surface area (Å²) in [6.07, 6.45) is 1.54. The standard InChI is InChI=1S/C20H15ClN2O3S/c1-26-17-8-12(2-7-16(17)24)10-23-11-22-15-9-18(27-19(15)20(23)25)13-3-5-14(21)6-4-13/h2-9,11,24H,10H2,1H3. The third-order valence-electron chi connectivity index (χ3n) is 4.23. The van der Waals surface area contributed by atoms with E-state index < -0.39 is 0 Å². The summed E-state index contributed by atoms with van der Waals surface area (Å²) in [5, 5.41) is 10.4. The number of fused-ring (bicyclic) bond motifs is 1. The molecule has 4 rings (SSSR count). The fourth-order valence-electron chi connectivity index (χ4n) is 2.83. The van der Waals surface area contributed by atoms with Gasteiger partial charge >= 0.3 is 0 Å². The Balaban J connectivity index is 1.72. The van der Waals surface area contributed by atoms with Gasteiger partial charge in [0, 0.05) is 9.90 Å². The van der Waals surface area contributed by atoms with Crippen molar-refractivity contribution in [2.45, 2.75) is 6.54 Å². The molecule has 1 N–H and O–H groups in total. The largest absolute Gasteiger partial charge is 0.504 e. The van der Waals surface area contributed by atoms with Gasteiger partial charge in [0.1, 0.15) is 4.70 Å². The lowest BCUT2D eigenvalue weighted by Gasteiger charge is -2.08. The van der Waals surface area contributed by atoms with E-state index in [1.807, 2.05) is 30.3 Å². The van der Waals surface area contributed by atoms with Crippen molar-refractivity contribution in [3.63, 3.8) is 0 Å². The van der Waals surface area contributed by atoms with E-state index in [1.165, 1.54) is 18.4 Å². The molecule has 0 aliphatic rings. The van der Waals surface area contributed by atoms with E-state index in [0.29, 0.717) is 27.5 Å². The normalized spacial score (nSPS) is 11.0. The van der Waals surface area contributed by atoms with Gasteiger partial charge in [-0.1, -0.05) is 29.8 Å². The fourth-order valence-corrected chi connectivity index (χ4v) is 4.02. The summed E-state index contributed by atoms with van der Waals surface area (Å²) in [7, 11) is 1.49. The van der Waals surface area contributed by atoms with E-state index in [-0.39, 0.29) is 11.3 Å². The van der Waals surface area contributed by atoms with Crippen LogP contribution in [0.2, 0.25) is 5.02 Å². The first-order valence-electron chi connectivity index (χ1n) is 8.16. The number of phenolic OH excluding ortho intramolecular Hbond substituents is 1. The smallest absolute Gasteiger partial charge is 0.271 e. The van der Waals surface area contributed by atoms with Gasteiger partial charge in [-0.05, 0) is 41.5 Å². The van der Waals surface area contributed by atoms with Crippen molar-refractivity contribution < 1.29 is 9.84 Å². The molecular weight excluding hydrogens is 384 g/mol. The van der Waals surface area contributed by atoms with Crippen molar-refractivity contribution in [2.24, 2.45) is 0 Å². The first kappa shape index (κ1) is 17.6. The van der Waals surface area contributed by atoms with Crippen LogP contribution >= 0.6 is 22.9 Å². The van der Waals surface area contributed by atoms with Crippen molar-refractivity contribution >= 4 is 33.2 Å². The Morgan fingerprint density at radius 3 is 2.70 bits per heavy atom. The molecule has 136 valence electrons. The van der Waals surface area contributed by atoms with Gasteiger partial charge < -0.3 is 9.84 Å². The summed E-state index contributed by atoms with van der Waals surface area (Å²) in [5.74, 6) is 0.434. The van der Waals surface area contributed by atoms with Gasteiger partial charge in [-0.25, -0.2) is 4.98 Å². The van der Waals surface area contributed by atoms with E-state index in [2.05, 4.69) is 4.98 Å². The molecule has 0 unspecified atom stereocenters. The lowest BCUT2D eigenvalue weighted by Crippen LogP contribution is -2.20. The van der Waals surface area contributed by atoms with Crippen LogP contribution in [0.25, 0.3) is 20.7 Å². The van der Waals surface area contributed by atoms with E-state index in [0.717, 1.165) is 16.0 Å². The summed E-state index contributed by atoms with van der Waals surface area (Å²) in [5.41, 5.74) is 2.41. The molecule has 0 aliphatic carbocycles. The summed E-state index contributed by atoms with van der Waals surface area (Å²) in [4.78, 5) is 18.3. The highest BCUT2D eigenvalue weighted by Crippen LogP contribution is 2.31. The van der Waals surface area contributed by atoms with E-state index >= 15 is 0 Å². The van der Waals surface area contributed by atoms with Crippen LogP contribution in [-0.2, 0) is 6.54 Å². The van der Waals surface area contributed by atoms with Gasteiger partial charge in [-0.2, -0.15) is 0 Å². The maximum Gasteiger partial charge on any atom is 0.271 e. The molecule has 2 heterocycles. The van der Waals surface area contributed by atoms with Gasteiger partial charge in [0.2, 0.25) is 0 Å². The van der Waals surface area contributed by atoms with Crippen molar-refractivity contribution in [1.29, 1.82) is 0 Å². The van der Waals surface area contributed by atoms with Crippen molar-refractivity contribution in [3.05, 3.63) is 75.8 Å². The zero-order valence-corrected chi connectivity index (χ0v) is 15.9. The zero-order chi connectivity index (χ0) is 19.0. The summed E-state index contributed by atoms with van der Waals surface area (Å²) in [6, 6.07) is 14.4. The van der Waals surface area contributed by atoms with Crippen LogP contribution < -0.4 is 10.3 Å². The number of phenols is 1. The number of hydrogen-bond donors (Lipinski definition) is 1. The number of halogens is 1. The molecule has 0 spiro atoms. The van der Waals surface area contributed by atoms with Crippen LogP contribution in [0.4, 0.5) is 0 Å². The fraction of sp³-hybridized carbons (Fsp3) is 0.100. The predicted octanol–water partition coefficient (Wildman–Crippen LogP) is 4.54. The molecular formula is C20H15ClN2O3S. The van der Waals surface area contributed by atoms with Crippen molar-refractivity contribution in [3.8, 4) is 21.9 Å². The molecule has 0 aliphatic heterocycles. The van der Waals surface area contributed by atoms with Crippen molar-refractivity contribution in [2.75, 3.05) is 7.11 Å². The van der Waals surface area contributed by atoms with Crippen LogP contribution in [0.5, 0.6) is 11.5 Å². The molecule has 5 nitrogen and oxygen atoms in total. The Kier molecular flexibility index (Phi) is 4.59. The maximum atomic E-state index is 12.9.